The lowest BCUT2D eigenvalue weighted by Crippen LogP contribution is -2.05. The number of aromatic nitrogens is 4. The van der Waals surface area contributed by atoms with Crippen molar-refractivity contribution in [2.24, 2.45) is 7.05 Å². The van der Waals surface area contributed by atoms with Crippen LogP contribution in [0.3, 0.4) is 0 Å². The van der Waals surface area contributed by atoms with Crippen LogP contribution in [0.15, 0.2) is 29.0 Å². The van der Waals surface area contributed by atoms with Crippen molar-refractivity contribution >= 4 is 32.9 Å². The molecule has 104 valence electrons. The Balaban J connectivity index is 1.94. The van der Waals surface area contributed by atoms with Crippen LogP contribution in [0.2, 0.25) is 0 Å². The highest BCUT2D eigenvalue weighted by Crippen LogP contribution is 2.25. The Labute approximate surface area is 123 Å². The van der Waals surface area contributed by atoms with Gasteiger partial charge in [-0.25, -0.2) is 9.37 Å². The molecule has 7 heteroatoms. The summed E-state index contributed by atoms with van der Waals surface area (Å²) in [6.07, 6.45) is 4.58. The minimum absolute atomic E-state index is 0.339. The third kappa shape index (κ3) is 2.29. The molecule has 1 aromatic carbocycles. The van der Waals surface area contributed by atoms with Gasteiger partial charge in [-0.15, -0.1) is 0 Å². The summed E-state index contributed by atoms with van der Waals surface area (Å²) in [5, 5.41) is 4.13. The van der Waals surface area contributed by atoms with Crippen LogP contribution in [0, 0.1) is 5.82 Å². The normalized spacial score (nSPS) is 11.3. The number of imidazole rings is 1. The van der Waals surface area contributed by atoms with Gasteiger partial charge in [0.05, 0.1) is 21.7 Å². The van der Waals surface area contributed by atoms with E-state index in [4.69, 9.17) is 5.73 Å². The fraction of sp³-hybridized carbons (Fsp3) is 0.231. The van der Waals surface area contributed by atoms with Gasteiger partial charge in [-0.1, -0.05) is 0 Å². The first-order valence-electron chi connectivity index (χ1n) is 6.13. The second kappa shape index (κ2) is 4.90. The quantitative estimate of drug-likeness (QED) is 0.798. The molecule has 0 atom stereocenters. The minimum Gasteiger partial charge on any atom is -0.369 e. The van der Waals surface area contributed by atoms with Gasteiger partial charge in [-0.3, -0.25) is 4.68 Å². The molecule has 0 spiro atoms. The van der Waals surface area contributed by atoms with Crippen molar-refractivity contribution < 1.29 is 4.39 Å². The summed E-state index contributed by atoms with van der Waals surface area (Å²) in [6, 6.07) is 3.09. The van der Waals surface area contributed by atoms with E-state index in [-0.39, 0.29) is 5.82 Å². The Bertz CT molecular complexity index is 777. The molecule has 2 aromatic heterocycles. The van der Waals surface area contributed by atoms with Crippen molar-refractivity contribution in [2.75, 3.05) is 5.73 Å². The Morgan fingerprint density at radius 3 is 2.90 bits per heavy atom. The highest BCUT2D eigenvalue weighted by atomic mass is 79.9. The number of hydrogen-bond acceptors (Lipinski definition) is 3. The van der Waals surface area contributed by atoms with E-state index < -0.39 is 0 Å². The van der Waals surface area contributed by atoms with E-state index in [1.807, 2.05) is 24.0 Å². The van der Waals surface area contributed by atoms with E-state index in [0.717, 1.165) is 17.5 Å². The second-order valence-corrected chi connectivity index (χ2v) is 5.50. The largest absolute Gasteiger partial charge is 0.369 e. The van der Waals surface area contributed by atoms with E-state index in [9.17, 15) is 4.39 Å². The maximum atomic E-state index is 13.5. The summed E-state index contributed by atoms with van der Waals surface area (Å²) < 4.78 is 17.5. The predicted molar refractivity (Wildman–Crippen MR) is 78.7 cm³/mol. The molecule has 0 fully saturated rings. The third-order valence-corrected chi connectivity index (χ3v) is 3.81. The molecule has 5 nitrogen and oxygen atoms in total. The second-order valence-electron chi connectivity index (χ2n) is 4.65. The highest BCUT2D eigenvalue weighted by molar-refractivity contribution is 9.10. The van der Waals surface area contributed by atoms with Crippen molar-refractivity contribution in [3.63, 3.8) is 0 Å². The molecular formula is C13H13BrFN5. The molecule has 3 rings (SSSR count). The van der Waals surface area contributed by atoms with E-state index in [2.05, 4.69) is 26.0 Å². The molecule has 0 aliphatic rings. The first kappa shape index (κ1) is 13.1. The average Bonchev–Trinajstić information content (AvgIpc) is 2.92. The van der Waals surface area contributed by atoms with Crippen LogP contribution in [-0.4, -0.2) is 19.3 Å². The first-order chi connectivity index (χ1) is 9.54. The van der Waals surface area contributed by atoms with Crippen LogP contribution in [0.5, 0.6) is 0 Å². The smallest absolute Gasteiger partial charge is 0.201 e. The summed E-state index contributed by atoms with van der Waals surface area (Å²) >= 11 is 3.19. The molecule has 0 saturated heterocycles. The highest BCUT2D eigenvalue weighted by Gasteiger charge is 2.11. The summed E-state index contributed by atoms with van der Waals surface area (Å²) in [7, 11) is 1.88. The molecule has 0 aliphatic carbocycles. The Morgan fingerprint density at radius 1 is 1.40 bits per heavy atom. The van der Waals surface area contributed by atoms with Gasteiger partial charge in [0.25, 0.3) is 0 Å². The fourth-order valence-corrected chi connectivity index (χ4v) is 2.55. The van der Waals surface area contributed by atoms with Gasteiger partial charge in [0.1, 0.15) is 5.82 Å². The third-order valence-electron chi connectivity index (χ3n) is 3.20. The summed E-state index contributed by atoms with van der Waals surface area (Å²) in [5.74, 6) is 0.0517. The Morgan fingerprint density at radius 2 is 2.20 bits per heavy atom. The molecule has 0 saturated carbocycles. The van der Waals surface area contributed by atoms with Crippen LogP contribution in [0.25, 0.3) is 11.0 Å². The number of anilines is 1. The van der Waals surface area contributed by atoms with Gasteiger partial charge < -0.3 is 10.3 Å². The van der Waals surface area contributed by atoms with Crippen molar-refractivity contribution in [2.45, 2.75) is 13.0 Å². The van der Waals surface area contributed by atoms with Crippen LogP contribution in [0.1, 0.15) is 5.56 Å². The maximum Gasteiger partial charge on any atom is 0.201 e. The van der Waals surface area contributed by atoms with Gasteiger partial charge in [0, 0.05) is 25.9 Å². The summed E-state index contributed by atoms with van der Waals surface area (Å²) in [4.78, 5) is 4.19. The molecule has 0 radical (unpaired) electrons. The number of hydrogen-bond donors (Lipinski definition) is 1. The molecule has 0 bridgehead atoms. The average molecular weight is 338 g/mol. The molecule has 3 aromatic rings. The number of rotatable bonds is 3. The molecule has 2 heterocycles. The summed E-state index contributed by atoms with van der Waals surface area (Å²) in [5.41, 5.74) is 8.42. The molecule has 0 unspecified atom stereocenters. The Kier molecular flexibility index (Phi) is 3.21. The van der Waals surface area contributed by atoms with Gasteiger partial charge in [-0.05, 0) is 34.0 Å². The standard InChI is InChI=1S/C13H13BrFN5/c1-19-7-8(6-17-19)2-3-20-12-4-9(14)10(15)5-11(12)18-13(20)16/h4-7H,2-3H2,1H3,(H2,16,18). The number of nitrogen functional groups attached to an aromatic ring is 1. The van der Waals surface area contributed by atoms with Gasteiger partial charge >= 0.3 is 0 Å². The minimum atomic E-state index is -0.339. The zero-order valence-corrected chi connectivity index (χ0v) is 12.4. The maximum absolute atomic E-state index is 13.5. The lowest BCUT2D eigenvalue weighted by Gasteiger charge is -2.05. The van der Waals surface area contributed by atoms with Crippen molar-refractivity contribution in [3.8, 4) is 0 Å². The van der Waals surface area contributed by atoms with E-state index in [1.54, 1.807) is 10.7 Å². The lowest BCUT2D eigenvalue weighted by atomic mass is 10.2. The number of fused-ring (bicyclic) bond motifs is 1. The topological polar surface area (TPSA) is 61.7 Å². The molecule has 2 N–H and O–H groups in total. The van der Waals surface area contributed by atoms with E-state index in [1.165, 1.54) is 6.07 Å². The molecular weight excluding hydrogens is 325 g/mol. The van der Waals surface area contributed by atoms with Crippen LogP contribution >= 0.6 is 15.9 Å². The van der Waals surface area contributed by atoms with Crippen molar-refractivity contribution in [1.82, 2.24) is 19.3 Å². The molecule has 0 aliphatic heterocycles. The van der Waals surface area contributed by atoms with Gasteiger partial charge in [0.15, 0.2) is 0 Å². The number of nitrogens with two attached hydrogens (primary N) is 1. The van der Waals surface area contributed by atoms with Gasteiger partial charge in [0.2, 0.25) is 5.95 Å². The van der Waals surface area contributed by atoms with Crippen LogP contribution in [0.4, 0.5) is 10.3 Å². The number of halogens is 2. The number of aryl methyl sites for hydroxylation is 3. The van der Waals surface area contributed by atoms with Crippen molar-refractivity contribution in [3.05, 3.63) is 40.4 Å². The molecule has 20 heavy (non-hydrogen) atoms. The van der Waals surface area contributed by atoms with Crippen LogP contribution < -0.4 is 5.73 Å². The number of nitrogens with zero attached hydrogens (tertiary/aromatic N) is 4. The zero-order valence-electron chi connectivity index (χ0n) is 10.8. The van der Waals surface area contributed by atoms with E-state index in [0.29, 0.717) is 22.5 Å². The SMILES string of the molecule is Cn1cc(CCn2c(N)nc3cc(F)c(Br)cc32)cn1. The predicted octanol–water partition coefficient (Wildman–Crippen LogP) is 2.50. The lowest BCUT2D eigenvalue weighted by molar-refractivity contribution is 0.622. The fourth-order valence-electron chi connectivity index (χ4n) is 2.22. The number of benzene rings is 1. The van der Waals surface area contributed by atoms with Crippen LogP contribution in [-0.2, 0) is 20.0 Å². The zero-order chi connectivity index (χ0) is 14.3. The molecule has 0 amide bonds. The van der Waals surface area contributed by atoms with E-state index >= 15 is 0 Å². The first-order valence-corrected chi connectivity index (χ1v) is 6.92. The van der Waals surface area contributed by atoms with Crippen molar-refractivity contribution in [1.29, 1.82) is 0 Å². The Hall–Kier alpha value is -1.89. The van der Waals surface area contributed by atoms with Gasteiger partial charge in [-0.2, -0.15) is 5.10 Å². The summed E-state index contributed by atoms with van der Waals surface area (Å²) in [6.45, 7) is 0.673. The monoisotopic (exact) mass is 337 g/mol.